The number of nitrogens with zero attached hydrogens (tertiary/aromatic N) is 1. The molecular weight excluding hydrogens is 182 g/mol. The second-order valence-corrected chi connectivity index (χ2v) is 3.29. The summed E-state index contributed by atoms with van der Waals surface area (Å²) in [5.74, 6) is 0. The van der Waals surface area contributed by atoms with Crippen molar-refractivity contribution >= 4 is 17.3 Å². The van der Waals surface area contributed by atoms with E-state index in [1.165, 1.54) is 0 Å². The van der Waals surface area contributed by atoms with Crippen molar-refractivity contribution in [2.75, 3.05) is 4.90 Å². The smallest absolute Gasteiger partial charge is 0.127 e. The summed E-state index contributed by atoms with van der Waals surface area (Å²) < 4.78 is 0. The van der Waals surface area contributed by atoms with Crippen LogP contribution in [-0.2, 0) is 0 Å². The molecule has 2 rings (SSSR count). The van der Waals surface area contributed by atoms with Crippen LogP contribution in [0.5, 0.6) is 0 Å². The molecule has 0 aromatic heterocycles. The van der Waals surface area contributed by atoms with Crippen molar-refractivity contribution in [3.8, 4) is 0 Å². The average Bonchev–Trinajstić information content (AvgIpc) is 2.20. The molecule has 1 aliphatic rings. The van der Waals surface area contributed by atoms with Gasteiger partial charge in [0.15, 0.2) is 0 Å². The molecule has 0 amide bonds. The molecule has 66 valence electrons. The number of hydrogen-bond donors (Lipinski definition) is 0. The molecule has 1 aromatic rings. The topological polar surface area (TPSA) is 3.24 Å². The predicted octanol–water partition coefficient (Wildman–Crippen LogP) is 3.14. The first-order valence-electron chi connectivity index (χ1n) is 4.20. The highest BCUT2D eigenvalue weighted by molar-refractivity contribution is 6.23. The maximum absolute atomic E-state index is 6.11. The van der Waals surface area contributed by atoms with Crippen molar-refractivity contribution in [2.45, 2.75) is 5.50 Å². The summed E-state index contributed by atoms with van der Waals surface area (Å²) in [4.78, 5) is 2.02. The molecule has 1 heterocycles. The summed E-state index contributed by atoms with van der Waals surface area (Å²) in [5.41, 5.74) is 1.04. The van der Waals surface area contributed by atoms with Crippen LogP contribution in [0.1, 0.15) is 0 Å². The lowest BCUT2D eigenvalue weighted by atomic mass is 10.2. The third-order valence-electron chi connectivity index (χ3n) is 1.95. The van der Waals surface area contributed by atoms with Gasteiger partial charge in [0.25, 0.3) is 0 Å². The number of alkyl halides is 1. The number of anilines is 1. The Hall–Kier alpha value is -1.21. The van der Waals surface area contributed by atoms with Crippen molar-refractivity contribution in [3.63, 3.8) is 0 Å². The van der Waals surface area contributed by atoms with Gasteiger partial charge in [0.05, 0.1) is 0 Å². The Morgan fingerprint density at radius 2 is 1.85 bits per heavy atom. The second kappa shape index (κ2) is 3.67. The third-order valence-corrected chi connectivity index (χ3v) is 2.30. The van der Waals surface area contributed by atoms with E-state index in [-0.39, 0.29) is 5.50 Å². The monoisotopic (exact) mass is 191 g/mol. The van der Waals surface area contributed by atoms with Crippen LogP contribution in [0, 0.1) is 0 Å². The van der Waals surface area contributed by atoms with Crippen molar-refractivity contribution in [1.82, 2.24) is 0 Å². The summed E-state index contributed by atoms with van der Waals surface area (Å²) in [6.45, 7) is 0. The van der Waals surface area contributed by atoms with E-state index < -0.39 is 0 Å². The van der Waals surface area contributed by atoms with E-state index in [4.69, 9.17) is 11.6 Å². The molecular formula is C11H10ClN. The molecule has 0 aliphatic carbocycles. The van der Waals surface area contributed by atoms with Crippen molar-refractivity contribution in [2.24, 2.45) is 0 Å². The molecule has 0 fully saturated rings. The van der Waals surface area contributed by atoms with Gasteiger partial charge in [-0.05, 0) is 24.3 Å². The lowest BCUT2D eigenvalue weighted by Crippen LogP contribution is -2.24. The highest BCUT2D eigenvalue weighted by Gasteiger charge is 2.11. The molecule has 0 saturated carbocycles. The maximum Gasteiger partial charge on any atom is 0.127 e. The summed E-state index contributed by atoms with van der Waals surface area (Å²) in [5, 5.41) is 0. The first-order chi connectivity index (χ1) is 6.38. The predicted molar refractivity (Wildman–Crippen MR) is 56.8 cm³/mol. The van der Waals surface area contributed by atoms with Crippen molar-refractivity contribution in [3.05, 3.63) is 54.8 Å². The highest BCUT2D eigenvalue weighted by atomic mass is 35.5. The zero-order valence-corrected chi connectivity index (χ0v) is 7.85. The summed E-state index contributed by atoms with van der Waals surface area (Å²) in [6.07, 6.45) is 7.87. The largest absolute Gasteiger partial charge is 0.328 e. The normalized spacial score (nSPS) is 20.7. The molecule has 0 N–H and O–H groups in total. The van der Waals surface area contributed by atoms with Gasteiger partial charge in [-0.2, -0.15) is 0 Å². The summed E-state index contributed by atoms with van der Waals surface area (Å²) in [6, 6.07) is 10.1. The van der Waals surface area contributed by atoms with Gasteiger partial charge in [0.1, 0.15) is 5.50 Å². The SMILES string of the molecule is ClC1C=CC=CN1c1ccccc1. The van der Waals surface area contributed by atoms with Gasteiger partial charge in [-0.15, -0.1) is 0 Å². The molecule has 1 aliphatic heterocycles. The Morgan fingerprint density at radius 1 is 1.08 bits per heavy atom. The quantitative estimate of drug-likeness (QED) is 0.487. The Labute approximate surface area is 82.9 Å². The molecule has 1 unspecified atom stereocenters. The molecule has 13 heavy (non-hydrogen) atoms. The zero-order chi connectivity index (χ0) is 9.10. The second-order valence-electron chi connectivity index (χ2n) is 2.84. The number of para-hydroxylation sites is 1. The Kier molecular flexibility index (Phi) is 2.37. The molecule has 0 saturated heterocycles. The lowest BCUT2D eigenvalue weighted by molar-refractivity contribution is 1.00. The fraction of sp³-hybridized carbons (Fsp3) is 0.0909. The third kappa shape index (κ3) is 1.76. The standard InChI is InChI=1S/C11H10ClN/c12-11-8-4-5-9-13(11)10-6-2-1-3-7-10/h1-9,11H. The van der Waals surface area contributed by atoms with E-state index in [2.05, 4.69) is 0 Å². The minimum absolute atomic E-state index is 0.0765. The summed E-state index contributed by atoms with van der Waals surface area (Å²) in [7, 11) is 0. The van der Waals surface area contributed by atoms with Gasteiger partial charge in [-0.1, -0.05) is 35.9 Å². The van der Waals surface area contributed by atoms with Crippen molar-refractivity contribution < 1.29 is 0 Å². The summed E-state index contributed by atoms with van der Waals surface area (Å²) >= 11 is 6.11. The molecule has 1 atom stereocenters. The molecule has 0 radical (unpaired) electrons. The first-order valence-corrected chi connectivity index (χ1v) is 4.64. The number of halogens is 1. The number of hydrogen-bond acceptors (Lipinski definition) is 1. The van der Waals surface area contributed by atoms with Crippen LogP contribution in [0.15, 0.2) is 54.8 Å². The minimum atomic E-state index is -0.0765. The van der Waals surface area contributed by atoms with E-state index in [0.29, 0.717) is 0 Å². The van der Waals surface area contributed by atoms with Crippen LogP contribution in [0.25, 0.3) is 0 Å². The maximum atomic E-state index is 6.11. The fourth-order valence-corrected chi connectivity index (χ4v) is 1.56. The van der Waals surface area contributed by atoms with Gasteiger partial charge >= 0.3 is 0 Å². The Bertz CT molecular complexity index is 329. The van der Waals surface area contributed by atoms with E-state index in [1.54, 1.807) is 0 Å². The van der Waals surface area contributed by atoms with Crippen LogP contribution in [0.3, 0.4) is 0 Å². The molecule has 1 nitrogen and oxygen atoms in total. The van der Waals surface area contributed by atoms with E-state index in [9.17, 15) is 0 Å². The van der Waals surface area contributed by atoms with Crippen LogP contribution in [-0.4, -0.2) is 5.50 Å². The van der Waals surface area contributed by atoms with Gasteiger partial charge in [-0.25, -0.2) is 0 Å². The molecule has 0 spiro atoms. The number of rotatable bonds is 1. The number of benzene rings is 1. The van der Waals surface area contributed by atoms with Gasteiger partial charge < -0.3 is 4.90 Å². The van der Waals surface area contributed by atoms with Crippen LogP contribution in [0.2, 0.25) is 0 Å². The Balaban J connectivity index is 2.27. The number of allylic oxidation sites excluding steroid dienone is 2. The molecule has 1 aromatic carbocycles. The molecule has 2 heteroatoms. The first kappa shape index (κ1) is 8.39. The molecule has 0 bridgehead atoms. The van der Waals surface area contributed by atoms with Crippen LogP contribution in [0.4, 0.5) is 5.69 Å². The van der Waals surface area contributed by atoms with E-state index >= 15 is 0 Å². The van der Waals surface area contributed by atoms with Gasteiger partial charge in [-0.3, -0.25) is 0 Å². The average molecular weight is 192 g/mol. The fourth-order valence-electron chi connectivity index (χ4n) is 1.30. The van der Waals surface area contributed by atoms with E-state index in [0.717, 1.165) is 5.69 Å². The zero-order valence-electron chi connectivity index (χ0n) is 7.10. The minimum Gasteiger partial charge on any atom is -0.328 e. The van der Waals surface area contributed by atoms with E-state index in [1.807, 2.05) is 59.7 Å². The van der Waals surface area contributed by atoms with Gasteiger partial charge in [0, 0.05) is 11.9 Å². The lowest BCUT2D eigenvalue weighted by Gasteiger charge is -2.25. The van der Waals surface area contributed by atoms with Crippen molar-refractivity contribution in [1.29, 1.82) is 0 Å². The van der Waals surface area contributed by atoms with Crippen LogP contribution < -0.4 is 4.90 Å². The Morgan fingerprint density at radius 3 is 2.54 bits per heavy atom. The van der Waals surface area contributed by atoms with Crippen LogP contribution >= 0.6 is 11.6 Å². The van der Waals surface area contributed by atoms with Gasteiger partial charge in [0.2, 0.25) is 0 Å². The highest BCUT2D eigenvalue weighted by Crippen LogP contribution is 2.21.